The Morgan fingerprint density at radius 1 is 1.25 bits per heavy atom. The molecule has 0 saturated heterocycles. The van der Waals surface area contributed by atoms with Crippen LogP contribution >= 0.6 is 15.9 Å². The lowest BCUT2D eigenvalue weighted by Crippen LogP contribution is -2.23. The van der Waals surface area contributed by atoms with Crippen molar-refractivity contribution in [3.8, 4) is 0 Å². The van der Waals surface area contributed by atoms with Gasteiger partial charge in [-0.15, -0.1) is 0 Å². The second-order valence-electron chi connectivity index (χ2n) is 5.84. The lowest BCUT2D eigenvalue weighted by atomic mass is 9.88. The van der Waals surface area contributed by atoms with Crippen molar-refractivity contribution < 1.29 is 5.11 Å². The Hall–Kier alpha value is -1.13. The highest BCUT2D eigenvalue weighted by atomic mass is 79.9. The SMILES string of the molecule is CC(C)(CCCO)CNc1nccc2c(Br)cccc12. The zero-order chi connectivity index (χ0) is 14.6. The Labute approximate surface area is 128 Å². The maximum Gasteiger partial charge on any atom is 0.133 e. The summed E-state index contributed by atoms with van der Waals surface area (Å²) in [4.78, 5) is 4.45. The number of aliphatic hydroxyl groups is 1. The van der Waals surface area contributed by atoms with Crippen LogP contribution in [0.1, 0.15) is 26.7 Å². The highest BCUT2D eigenvalue weighted by Crippen LogP contribution is 2.29. The molecule has 0 aliphatic carbocycles. The zero-order valence-corrected chi connectivity index (χ0v) is 13.6. The monoisotopic (exact) mass is 336 g/mol. The van der Waals surface area contributed by atoms with Gasteiger partial charge in [-0.05, 0) is 30.4 Å². The summed E-state index contributed by atoms with van der Waals surface area (Å²) in [5.74, 6) is 0.917. The molecule has 0 aliphatic heterocycles. The molecule has 0 radical (unpaired) electrons. The first-order valence-corrected chi connectivity index (χ1v) is 7.71. The van der Waals surface area contributed by atoms with Gasteiger partial charge >= 0.3 is 0 Å². The minimum absolute atomic E-state index is 0.137. The topological polar surface area (TPSA) is 45.1 Å². The van der Waals surface area contributed by atoms with Crippen LogP contribution in [-0.4, -0.2) is 23.2 Å². The van der Waals surface area contributed by atoms with E-state index < -0.39 is 0 Å². The minimum Gasteiger partial charge on any atom is -0.396 e. The molecule has 1 aromatic heterocycles. The highest BCUT2D eigenvalue weighted by Gasteiger charge is 2.17. The number of halogens is 1. The van der Waals surface area contributed by atoms with Crippen molar-refractivity contribution in [2.24, 2.45) is 5.41 Å². The number of anilines is 1. The number of pyridine rings is 1. The number of hydrogen-bond acceptors (Lipinski definition) is 3. The molecule has 0 amide bonds. The Morgan fingerprint density at radius 2 is 2.05 bits per heavy atom. The van der Waals surface area contributed by atoms with Gasteiger partial charge in [0.2, 0.25) is 0 Å². The van der Waals surface area contributed by atoms with Crippen molar-refractivity contribution in [3.63, 3.8) is 0 Å². The third-order valence-electron chi connectivity index (χ3n) is 3.50. The van der Waals surface area contributed by atoms with Crippen molar-refractivity contribution in [1.82, 2.24) is 4.98 Å². The average Bonchev–Trinajstić information content (AvgIpc) is 2.44. The van der Waals surface area contributed by atoms with Crippen LogP contribution in [0.5, 0.6) is 0 Å². The predicted octanol–water partition coefficient (Wildman–Crippen LogP) is 4.21. The molecule has 2 N–H and O–H groups in total. The maximum atomic E-state index is 8.95. The lowest BCUT2D eigenvalue weighted by molar-refractivity contribution is 0.248. The Balaban J connectivity index is 2.16. The molecule has 0 saturated carbocycles. The molecule has 0 aliphatic rings. The molecule has 20 heavy (non-hydrogen) atoms. The molecule has 1 heterocycles. The molecule has 4 heteroatoms. The van der Waals surface area contributed by atoms with Crippen LogP contribution in [-0.2, 0) is 0 Å². The first kappa shape index (κ1) is 15.3. The molecule has 2 rings (SSSR count). The van der Waals surface area contributed by atoms with Gasteiger partial charge in [0.1, 0.15) is 5.82 Å². The van der Waals surface area contributed by atoms with Crippen LogP contribution in [0.3, 0.4) is 0 Å². The van der Waals surface area contributed by atoms with Gasteiger partial charge in [0.15, 0.2) is 0 Å². The second kappa shape index (κ2) is 6.55. The summed E-state index contributed by atoms with van der Waals surface area (Å²) in [6, 6.07) is 8.16. The summed E-state index contributed by atoms with van der Waals surface area (Å²) in [5.41, 5.74) is 0.137. The van der Waals surface area contributed by atoms with Gasteiger partial charge in [0, 0.05) is 34.6 Å². The van der Waals surface area contributed by atoms with Crippen LogP contribution in [0, 0.1) is 5.41 Å². The number of nitrogens with one attached hydrogen (secondary N) is 1. The number of aliphatic hydroxyl groups excluding tert-OH is 1. The van der Waals surface area contributed by atoms with Crippen LogP contribution < -0.4 is 5.32 Å². The molecule has 0 atom stereocenters. The molecular weight excluding hydrogens is 316 g/mol. The Bertz CT molecular complexity index is 584. The Kier molecular flexibility index (Phi) is 5.00. The van der Waals surface area contributed by atoms with Gasteiger partial charge in [-0.3, -0.25) is 0 Å². The third-order valence-corrected chi connectivity index (χ3v) is 4.19. The third kappa shape index (κ3) is 3.70. The summed E-state index contributed by atoms with van der Waals surface area (Å²) >= 11 is 3.57. The van der Waals surface area contributed by atoms with Crippen molar-refractivity contribution in [3.05, 3.63) is 34.9 Å². The first-order chi connectivity index (χ1) is 9.53. The van der Waals surface area contributed by atoms with Crippen molar-refractivity contribution in [2.75, 3.05) is 18.5 Å². The van der Waals surface area contributed by atoms with E-state index in [9.17, 15) is 0 Å². The van der Waals surface area contributed by atoms with E-state index in [-0.39, 0.29) is 12.0 Å². The fraction of sp³-hybridized carbons (Fsp3) is 0.438. The zero-order valence-electron chi connectivity index (χ0n) is 12.0. The summed E-state index contributed by atoms with van der Waals surface area (Å²) in [5, 5.41) is 14.7. The number of fused-ring (bicyclic) bond motifs is 1. The molecule has 3 nitrogen and oxygen atoms in total. The number of hydrogen-bond donors (Lipinski definition) is 2. The van der Waals surface area contributed by atoms with E-state index in [1.165, 1.54) is 0 Å². The quantitative estimate of drug-likeness (QED) is 0.830. The van der Waals surface area contributed by atoms with Crippen LogP contribution in [0.25, 0.3) is 10.8 Å². The van der Waals surface area contributed by atoms with Crippen LogP contribution in [0.15, 0.2) is 34.9 Å². The molecule has 0 fully saturated rings. The Morgan fingerprint density at radius 3 is 2.80 bits per heavy atom. The molecule has 0 unspecified atom stereocenters. The molecular formula is C16H21BrN2O. The normalized spacial score (nSPS) is 11.8. The van der Waals surface area contributed by atoms with E-state index in [2.05, 4.69) is 46.1 Å². The number of benzene rings is 1. The van der Waals surface area contributed by atoms with Gasteiger partial charge in [0.05, 0.1) is 0 Å². The van der Waals surface area contributed by atoms with Gasteiger partial charge in [-0.25, -0.2) is 4.98 Å². The molecule has 0 bridgehead atoms. The summed E-state index contributed by atoms with van der Waals surface area (Å²) in [6.07, 6.45) is 3.66. The number of rotatable bonds is 6. The van der Waals surface area contributed by atoms with Gasteiger partial charge in [0.25, 0.3) is 0 Å². The largest absolute Gasteiger partial charge is 0.396 e. The lowest BCUT2D eigenvalue weighted by Gasteiger charge is -2.25. The molecule has 1 aromatic carbocycles. The minimum atomic E-state index is 0.137. The van der Waals surface area contributed by atoms with E-state index in [1.54, 1.807) is 0 Å². The molecule has 0 spiro atoms. The summed E-state index contributed by atoms with van der Waals surface area (Å²) in [7, 11) is 0. The average molecular weight is 337 g/mol. The first-order valence-electron chi connectivity index (χ1n) is 6.91. The smallest absolute Gasteiger partial charge is 0.133 e. The van der Waals surface area contributed by atoms with Crippen molar-refractivity contribution >= 4 is 32.5 Å². The van der Waals surface area contributed by atoms with Crippen molar-refractivity contribution in [2.45, 2.75) is 26.7 Å². The van der Waals surface area contributed by atoms with E-state index in [0.717, 1.165) is 40.4 Å². The fourth-order valence-corrected chi connectivity index (χ4v) is 2.78. The van der Waals surface area contributed by atoms with Crippen LogP contribution in [0.4, 0.5) is 5.82 Å². The van der Waals surface area contributed by atoms with Gasteiger partial charge < -0.3 is 10.4 Å². The second-order valence-corrected chi connectivity index (χ2v) is 6.69. The number of nitrogens with zero attached hydrogens (tertiary/aromatic N) is 1. The van der Waals surface area contributed by atoms with E-state index >= 15 is 0 Å². The fourth-order valence-electron chi connectivity index (χ4n) is 2.28. The van der Waals surface area contributed by atoms with Crippen LogP contribution in [0.2, 0.25) is 0 Å². The summed E-state index contributed by atoms with van der Waals surface area (Å²) in [6.45, 7) is 5.50. The van der Waals surface area contributed by atoms with Crippen molar-refractivity contribution in [1.29, 1.82) is 0 Å². The van der Waals surface area contributed by atoms with E-state index in [1.807, 2.05) is 24.4 Å². The van der Waals surface area contributed by atoms with E-state index in [0.29, 0.717) is 0 Å². The standard InChI is InChI=1S/C16H21BrN2O/c1-16(2,8-4-10-20)11-19-15-13-5-3-6-14(17)12(13)7-9-18-15/h3,5-7,9,20H,4,8,10-11H2,1-2H3,(H,18,19). The molecule has 108 valence electrons. The van der Waals surface area contributed by atoms with Gasteiger partial charge in [-0.1, -0.05) is 41.9 Å². The molecule has 2 aromatic rings. The predicted molar refractivity (Wildman–Crippen MR) is 88.0 cm³/mol. The number of aromatic nitrogens is 1. The highest BCUT2D eigenvalue weighted by molar-refractivity contribution is 9.10. The van der Waals surface area contributed by atoms with Gasteiger partial charge in [-0.2, -0.15) is 0 Å². The summed E-state index contributed by atoms with van der Waals surface area (Å²) < 4.78 is 1.08. The maximum absolute atomic E-state index is 8.95. The van der Waals surface area contributed by atoms with E-state index in [4.69, 9.17) is 5.11 Å².